The predicted octanol–water partition coefficient (Wildman–Crippen LogP) is -1.30. The fourth-order valence-electron chi connectivity index (χ4n) is 2.85. The highest BCUT2D eigenvalue weighted by Crippen LogP contribution is 2.06. The standard InChI is InChI=1S/C23H43BN4O10S/c25-24-39-23(34)7-2-1-3-8-26-20(30)17-37-15-14-36-12-10-28-21(31)18-38-16-13-35-11-9-27-19(29)5-4-6-22(32)33/h24H,1-18,25H2,(H,26,30)(H,27,29)(H,28,31)(H,32,33). The van der Waals surface area contributed by atoms with Gasteiger partial charge < -0.3 is 45.6 Å². The number of hydrogen-bond acceptors (Lipinski definition) is 11. The zero-order chi connectivity index (χ0) is 29.0. The lowest BCUT2D eigenvalue weighted by Crippen LogP contribution is -2.31. The number of carbonyl (C=O) groups excluding carboxylic acids is 4. The van der Waals surface area contributed by atoms with Crippen LogP contribution in [0.3, 0.4) is 0 Å². The van der Waals surface area contributed by atoms with E-state index in [-0.39, 0.29) is 81.9 Å². The number of amides is 3. The molecule has 0 aromatic heterocycles. The summed E-state index contributed by atoms with van der Waals surface area (Å²) in [6.07, 6.45) is 3.34. The summed E-state index contributed by atoms with van der Waals surface area (Å²) >= 11 is 1.12. The average Bonchev–Trinajstić information content (AvgIpc) is 2.89. The number of rotatable bonds is 27. The van der Waals surface area contributed by atoms with E-state index in [4.69, 9.17) is 29.7 Å². The van der Waals surface area contributed by atoms with E-state index in [9.17, 15) is 24.0 Å². The molecular formula is C23H43BN4O10S. The van der Waals surface area contributed by atoms with Crippen molar-refractivity contribution in [1.82, 2.24) is 16.0 Å². The molecule has 0 bridgehead atoms. The van der Waals surface area contributed by atoms with Crippen molar-refractivity contribution in [2.75, 3.05) is 72.5 Å². The number of carbonyl (C=O) groups is 5. The Labute approximate surface area is 234 Å². The molecule has 39 heavy (non-hydrogen) atoms. The van der Waals surface area contributed by atoms with Crippen LogP contribution in [0, 0.1) is 0 Å². The van der Waals surface area contributed by atoms with Gasteiger partial charge in [0, 0.05) is 38.9 Å². The summed E-state index contributed by atoms with van der Waals surface area (Å²) in [5, 5.41) is 16.6. The van der Waals surface area contributed by atoms with E-state index in [0.717, 1.165) is 30.9 Å². The van der Waals surface area contributed by atoms with Gasteiger partial charge in [0.25, 0.3) is 6.69 Å². The molecule has 0 atom stereocenters. The summed E-state index contributed by atoms with van der Waals surface area (Å²) in [5.74, 6) is -1.65. The van der Waals surface area contributed by atoms with E-state index < -0.39 is 5.97 Å². The van der Waals surface area contributed by atoms with Gasteiger partial charge in [0.2, 0.25) is 17.7 Å². The summed E-state index contributed by atoms with van der Waals surface area (Å²) in [6.45, 7) is 2.87. The Balaban J connectivity index is 3.36. The molecule has 0 aliphatic carbocycles. The number of aliphatic carboxylic acids is 1. The van der Waals surface area contributed by atoms with Crippen LogP contribution in [-0.2, 0) is 42.9 Å². The molecule has 14 nitrogen and oxygen atoms in total. The van der Waals surface area contributed by atoms with Crippen molar-refractivity contribution in [3.63, 3.8) is 0 Å². The lowest BCUT2D eigenvalue weighted by atomic mass is 10.2. The van der Waals surface area contributed by atoms with Gasteiger partial charge in [0.1, 0.15) is 13.2 Å². The molecule has 0 spiro atoms. The maximum Gasteiger partial charge on any atom is 0.303 e. The normalized spacial score (nSPS) is 10.6. The first-order valence-corrected chi connectivity index (χ1v) is 14.0. The highest BCUT2D eigenvalue weighted by atomic mass is 32.2. The second-order valence-electron chi connectivity index (χ2n) is 8.12. The molecule has 0 rings (SSSR count). The molecule has 224 valence electrons. The van der Waals surface area contributed by atoms with E-state index in [1.807, 2.05) is 0 Å². The van der Waals surface area contributed by atoms with Gasteiger partial charge in [0.15, 0.2) is 5.12 Å². The third-order valence-corrected chi connectivity index (χ3v) is 5.46. The first kappa shape index (κ1) is 36.8. The van der Waals surface area contributed by atoms with Crippen molar-refractivity contribution in [1.29, 1.82) is 0 Å². The maximum absolute atomic E-state index is 11.7. The molecule has 0 fully saturated rings. The van der Waals surface area contributed by atoms with Crippen LogP contribution in [0.5, 0.6) is 0 Å². The predicted molar refractivity (Wildman–Crippen MR) is 146 cm³/mol. The van der Waals surface area contributed by atoms with Crippen molar-refractivity contribution in [2.24, 2.45) is 5.64 Å². The van der Waals surface area contributed by atoms with Crippen LogP contribution in [0.4, 0.5) is 0 Å². The molecule has 16 heteroatoms. The molecule has 0 aliphatic heterocycles. The number of hydrogen-bond donors (Lipinski definition) is 5. The summed E-state index contributed by atoms with van der Waals surface area (Å²) in [4.78, 5) is 56.5. The number of nitrogens with one attached hydrogen (secondary N) is 3. The van der Waals surface area contributed by atoms with E-state index in [1.165, 1.54) is 0 Å². The zero-order valence-electron chi connectivity index (χ0n) is 22.5. The van der Waals surface area contributed by atoms with E-state index >= 15 is 0 Å². The van der Waals surface area contributed by atoms with Crippen LogP contribution in [0.15, 0.2) is 0 Å². The van der Waals surface area contributed by atoms with Crippen molar-refractivity contribution < 1.29 is 48.0 Å². The van der Waals surface area contributed by atoms with E-state index in [0.29, 0.717) is 45.8 Å². The zero-order valence-corrected chi connectivity index (χ0v) is 23.4. The van der Waals surface area contributed by atoms with Gasteiger partial charge >= 0.3 is 5.97 Å². The second-order valence-corrected chi connectivity index (χ2v) is 9.20. The molecule has 0 saturated heterocycles. The van der Waals surface area contributed by atoms with Crippen molar-refractivity contribution in [2.45, 2.75) is 44.9 Å². The smallest absolute Gasteiger partial charge is 0.303 e. The Bertz CT molecular complexity index is 706. The largest absolute Gasteiger partial charge is 0.481 e. The molecule has 0 heterocycles. The first-order valence-electron chi connectivity index (χ1n) is 13.0. The Hall–Kier alpha value is -2.24. The quantitative estimate of drug-likeness (QED) is 0.0570. The summed E-state index contributed by atoms with van der Waals surface area (Å²) < 4.78 is 21.1. The van der Waals surface area contributed by atoms with Gasteiger partial charge in [-0.1, -0.05) is 6.42 Å². The third-order valence-electron chi connectivity index (χ3n) is 4.77. The third kappa shape index (κ3) is 28.6. The van der Waals surface area contributed by atoms with Crippen LogP contribution in [0.25, 0.3) is 0 Å². The SMILES string of the molecule is NBSC(=O)CCCCCNC(=O)COCCOCCNC(=O)COCCOCCNC(=O)CCCC(=O)O. The minimum Gasteiger partial charge on any atom is -0.481 e. The van der Waals surface area contributed by atoms with Gasteiger partial charge in [-0.25, -0.2) is 0 Å². The molecule has 0 aromatic carbocycles. The van der Waals surface area contributed by atoms with E-state index in [2.05, 4.69) is 16.0 Å². The Morgan fingerprint density at radius 1 is 0.615 bits per heavy atom. The average molecular weight is 578 g/mol. The highest BCUT2D eigenvalue weighted by molar-refractivity contribution is 8.33. The minimum absolute atomic E-state index is 0.0388. The monoisotopic (exact) mass is 578 g/mol. The van der Waals surface area contributed by atoms with Crippen molar-refractivity contribution in [3.8, 4) is 0 Å². The van der Waals surface area contributed by atoms with Crippen molar-refractivity contribution in [3.05, 3.63) is 0 Å². The number of nitrogens with two attached hydrogens (primary N) is 1. The van der Waals surface area contributed by atoms with Gasteiger partial charge in [-0.05, 0) is 19.3 Å². The van der Waals surface area contributed by atoms with Crippen LogP contribution in [0.1, 0.15) is 44.9 Å². The lowest BCUT2D eigenvalue weighted by molar-refractivity contribution is -0.137. The van der Waals surface area contributed by atoms with Crippen molar-refractivity contribution >= 4 is 47.1 Å². The molecule has 3 amide bonds. The van der Waals surface area contributed by atoms with Crippen LogP contribution >= 0.6 is 11.6 Å². The fourth-order valence-corrected chi connectivity index (χ4v) is 3.32. The van der Waals surface area contributed by atoms with Crippen LogP contribution in [0.2, 0.25) is 0 Å². The molecule has 0 saturated carbocycles. The second kappa shape index (κ2) is 27.3. The number of carboxylic acid groups (broad SMARTS) is 1. The topological polar surface area (TPSA) is 205 Å². The van der Waals surface area contributed by atoms with E-state index in [1.54, 1.807) is 0 Å². The van der Waals surface area contributed by atoms with Gasteiger partial charge in [-0.2, -0.15) is 0 Å². The van der Waals surface area contributed by atoms with Gasteiger partial charge in [0.05, 0.1) is 39.6 Å². The van der Waals surface area contributed by atoms with Crippen LogP contribution in [-0.4, -0.2) is 113 Å². The minimum atomic E-state index is -0.928. The summed E-state index contributed by atoms with van der Waals surface area (Å²) in [7, 11) is 0. The number of unbranched alkanes of at least 4 members (excludes halogenated alkanes) is 2. The molecule has 0 aromatic rings. The Morgan fingerprint density at radius 2 is 1.15 bits per heavy atom. The number of carboxylic acids is 1. The van der Waals surface area contributed by atoms with Gasteiger partial charge in [-0.15, -0.1) is 11.6 Å². The first-order chi connectivity index (χ1) is 18.8. The molecular weight excluding hydrogens is 535 g/mol. The van der Waals surface area contributed by atoms with Crippen LogP contribution < -0.4 is 21.6 Å². The number of ether oxygens (including phenoxy) is 4. The molecule has 0 aliphatic rings. The molecule has 0 unspecified atom stereocenters. The molecule has 0 radical (unpaired) electrons. The highest BCUT2D eigenvalue weighted by Gasteiger charge is 2.05. The lowest BCUT2D eigenvalue weighted by Gasteiger charge is -2.09. The summed E-state index contributed by atoms with van der Waals surface area (Å²) in [5.41, 5.74) is 5.29. The summed E-state index contributed by atoms with van der Waals surface area (Å²) in [6, 6.07) is 0. The molecule has 6 N–H and O–H groups in total. The maximum atomic E-state index is 11.7. The fraction of sp³-hybridized carbons (Fsp3) is 0.783. The Kier molecular flexibility index (Phi) is 25.8. The Morgan fingerprint density at radius 3 is 1.72 bits per heavy atom. The van der Waals surface area contributed by atoms with Gasteiger partial charge in [-0.3, -0.25) is 24.0 Å².